The molecule has 1 aliphatic rings. The molecule has 1 aromatic carbocycles. The standard InChI is InChI=1S/C14H15NS/c1-2-6-11(7-3-1)10-14-15-12-8-4-5-9-13(12)16-14/h4-5,8-10H,1-3,6-7H2. The smallest absolute Gasteiger partial charge is 0.117 e. The van der Waals surface area contributed by atoms with Gasteiger partial charge in [0, 0.05) is 0 Å². The van der Waals surface area contributed by atoms with Crippen molar-refractivity contribution in [3.8, 4) is 0 Å². The Kier molecular flexibility index (Phi) is 2.75. The van der Waals surface area contributed by atoms with E-state index in [-0.39, 0.29) is 0 Å². The van der Waals surface area contributed by atoms with E-state index in [1.54, 1.807) is 16.9 Å². The van der Waals surface area contributed by atoms with E-state index < -0.39 is 0 Å². The van der Waals surface area contributed by atoms with E-state index in [1.807, 2.05) is 0 Å². The van der Waals surface area contributed by atoms with Crippen molar-refractivity contribution in [1.29, 1.82) is 0 Å². The van der Waals surface area contributed by atoms with Crippen LogP contribution in [0.5, 0.6) is 0 Å². The number of nitrogens with zero attached hydrogens (tertiary/aromatic N) is 1. The molecule has 0 spiro atoms. The predicted molar refractivity (Wildman–Crippen MR) is 70.7 cm³/mol. The Bertz CT molecular complexity index is 483. The quantitative estimate of drug-likeness (QED) is 0.694. The molecule has 3 rings (SSSR count). The van der Waals surface area contributed by atoms with Gasteiger partial charge in [0.2, 0.25) is 0 Å². The van der Waals surface area contributed by atoms with Gasteiger partial charge in [-0.05, 0) is 43.9 Å². The largest absolute Gasteiger partial charge is 0.237 e. The van der Waals surface area contributed by atoms with Gasteiger partial charge >= 0.3 is 0 Å². The van der Waals surface area contributed by atoms with Gasteiger partial charge in [-0.15, -0.1) is 11.3 Å². The summed E-state index contributed by atoms with van der Waals surface area (Å²) in [5, 5.41) is 1.18. The van der Waals surface area contributed by atoms with Crippen LogP contribution in [0, 0.1) is 0 Å². The highest BCUT2D eigenvalue weighted by atomic mass is 32.1. The normalized spacial score (nSPS) is 16.6. The van der Waals surface area contributed by atoms with Gasteiger partial charge in [-0.2, -0.15) is 0 Å². The highest BCUT2D eigenvalue weighted by molar-refractivity contribution is 7.19. The molecule has 1 nitrogen and oxygen atoms in total. The van der Waals surface area contributed by atoms with Crippen molar-refractivity contribution in [2.75, 3.05) is 0 Å². The molecule has 0 unspecified atom stereocenters. The lowest BCUT2D eigenvalue weighted by molar-refractivity contribution is 0.602. The number of aromatic nitrogens is 1. The molecular weight excluding hydrogens is 214 g/mol. The molecule has 0 bridgehead atoms. The summed E-state index contributed by atoms with van der Waals surface area (Å²) in [4.78, 5) is 4.65. The first-order valence-corrected chi connectivity index (χ1v) is 6.78. The molecule has 0 N–H and O–H groups in total. The average molecular weight is 229 g/mol. The molecule has 16 heavy (non-hydrogen) atoms. The fourth-order valence-electron chi connectivity index (χ4n) is 2.28. The first-order valence-electron chi connectivity index (χ1n) is 5.97. The van der Waals surface area contributed by atoms with E-state index in [0.717, 1.165) is 5.52 Å². The van der Waals surface area contributed by atoms with Crippen LogP contribution >= 0.6 is 11.3 Å². The van der Waals surface area contributed by atoms with Gasteiger partial charge in [-0.3, -0.25) is 0 Å². The summed E-state index contributed by atoms with van der Waals surface area (Å²) in [6.07, 6.45) is 8.97. The Hall–Kier alpha value is -1.15. The van der Waals surface area contributed by atoms with Gasteiger partial charge in [0.15, 0.2) is 0 Å². The number of hydrogen-bond acceptors (Lipinski definition) is 2. The number of hydrogen-bond donors (Lipinski definition) is 0. The molecular formula is C14H15NS. The zero-order chi connectivity index (χ0) is 10.8. The van der Waals surface area contributed by atoms with E-state index >= 15 is 0 Å². The molecule has 0 atom stereocenters. The van der Waals surface area contributed by atoms with Crippen molar-refractivity contribution >= 4 is 27.6 Å². The van der Waals surface area contributed by atoms with Crippen molar-refractivity contribution in [3.63, 3.8) is 0 Å². The molecule has 2 heteroatoms. The van der Waals surface area contributed by atoms with Gasteiger partial charge in [-0.1, -0.05) is 24.1 Å². The number of benzene rings is 1. The van der Waals surface area contributed by atoms with Gasteiger partial charge in [0.1, 0.15) is 5.01 Å². The molecule has 82 valence electrons. The first kappa shape index (κ1) is 10.0. The lowest BCUT2D eigenvalue weighted by atomic mass is 9.95. The number of fused-ring (bicyclic) bond motifs is 1. The van der Waals surface area contributed by atoms with Crippen molar-refractivity contribution in [2.45, 2.75) is 32.1 Å². The number of para-hydroxylation sites is 1. The van der Waals surface area contributed by atoms with Crippen LogP contribution in [0.1, 0.15) is 37.1 Å². The summed E-state index contributed by atoms with van der Waals surface area (Å²) >= 11 is 1.80. The van der Waals surface area contributed by atoms with Crippen molar-refractivity contribution < 1.29 is 0 Å². The summed E-state index contributed by atoms with van der Waals surface area (Å²) in [5.41, 5.74) is 2.72. The highest BCUT2D eigenvalue weighted by Gasteiger charge is 2.07. The molecule has 1 heterocycles. The minimum Gasteiger partial charge on any atom is -0.237 e. The highest BCUT2D eigenvalue weighted by Crippen LogP contribution is 2.28. The second kappa shape index (κ2) is 4.38. The Balaban J connectivity index is 1.93. The van der Waals surface area contributed by atoms with Crippen molar-refractivity contribution in [3.05, 3.63) is 34.8 Å². The van der Waals surface area contributed by atoms with E-state index in [1.165, 1.54) is 41.8 Å². The zero-order valence-corrected chi connectivity index (χ0v) is 10.1. The van der Waals surface area contributed by atoms with Gasteiger partial charge < -0.3 is 0 Å². The molecule has 0 aliphatic heterocycles. The molecule has 0 amide bonds. The lowest BCUT2D eigenvalue weighted by Crippen LogP contribution is -1.92. The monoisotopic (exact) mass is 229 g/mol. The van der Waals surface area contributed by atoms with Crippen LogP contribution in [-0.2, 0) is 0 Å². The third kappa shape index (κ3) is 2.03. The van der Waals surface area contributed by atoms with Crippen LogP contribution in [0.2, 0.25) is 0 Å². The van der Waals surface area contributed by atoms with Crippen molar-refractivity contribution in [2.24, 2.45) is 0 Å². The minimum absolute atomic E-state index is 1.13. The second-order valence-electron chi connectivity index (χ2n) is 4.38. The number of thiazole rings is 1. The maximum Gasteiger partial charge on any atom is 0.117 e. The van der Waals surface area contributed by atoms with E-state index in [0.29, 0.717) is 0 Å². The van der Waals surface area contributed by atoms with E-state index in [4.69, 9.17) is 0 Å². The van der Waals surface area contributed by atoms with Crippen LogP contribution in [0.3, 0.4) is 0 Å². The summed E-state index contributed by atoms with van der Waals surface area (Å²) < 4.78 is 1.30. The molecule has 1 aromatic heterocycles. The minimum atomic E-state index is 1.13. The zero-order valence-electron chi connectivity index (χ0n) is 9.28. The SMILES string of the molecule is C(=C1CCCCC1)c1nc2ccccc2s1. The van der Waals surface area contributed by atoms with Crippen LogP contribution < -0.4 is 0 Å². The van der Waals surface area contributed by atoms with E-state index in [9.17, 15) is 0 Å². The molecule has 1 fully saturated rings. The molecule has 2 aromatic rings. The Morgan fingerprint density at radius 2 is 1.88 bits per heavy atom. The predicted octanol–water partition coefficient (Wildman–Crippen LogP) is 4.64. The van der Waals surface area contributed by atoms with Crippen LogP contribution in [0.15, 0.2) is 29.8 Å². The Labute approximate surface area is 99.8 Å². The topological polar surface area (TPSA) is 12.9 Å². The Morgan fingerprint density at radius 3 is 2.69 bits per heavy atom. The van der Waals surface area contributed by atoms with Gasteiger partial charge in [0.05, 0.1) is 10.2 Å². The lowest BCUT2D eigenvalue weighted by Gasteiger charge is -2.12. The Morgan fingerprint density at radius 1 is 1.06 bits per heavy atom. The van der Waals surface area contributed by atoms with E-state index in [2.05, 4.69) is 35.3 Å². The summed E-state index contributed by atoms with van der Waals surface area (Å²) in [7, 11) is 0. The average Bonchev–Trinajstić information content (AvgIpc) is 2.72. The molecule has 0 saturated heterocycles. The first-order chi connectivity index (χ1) is 7.92. The summed E-state index contributed by atoms with van der Waals surface area (Å²) in [6, 6.07) is 8.38. The molecule has 1 aliphatic carbocycles. The molecule has 0 radical (unpaired) electrons. The van der Waals surface area contributed by atoms with Crippen LogP contribution in [0.25, 0.3) is 16.3 Å². The fraction of sp³-hybridized carbons (Fsp3) is 0.357. The third-order valence-corrected chi connectivity index (χ3v) is 4.12. The van der Waals surface area contributed by atoms with Gasteiger partial charge in [0.25, 0.3) is 0 Å². The molecule has 1 saturated carbocycles. The summed E-state index contributed by atoms with van der Waals surface area (Å²) in [6.45, 7) is 0. The van der Waals surface area contributed by atoms with Crippen molar-refractivity contribution in [1.82, 2.24) is 4.98 Å². The number of allylic oxidation sites excluding steroid dienone is 1. The third-order valence-electron chi connectivity index (χ3n) is 3.13. The second-order valence-corrected chi connectivity index (χ2v) is 5.45. The van der Waals surface area contributed by atoms with Gasteiger partial charge in [-0.25, -0.2) is 4.98 Å². The maximum atomic E-state index is 4.65. The maximum absolute atomic E-state index is 4.65. The number of rotatable bonds is 1. The fourth-order valence-corrected chi connectivity index (χ4v) is 3.24. The van der Waals surface area contributed by atoms with Crippen LogP contribution in [0.4, 0.5) is 0 Å². The summed E-state index contributed by atoms with van der Waals surface area (Å²) in [5.74, 6) is 0. The van der Waals surface area contributed by atoms with Crippen LogP contribution in [-0.4, -0.2) is 4.98 Å².